The van der Waals surface area contributed by atoms with Gasteiger partial charge in [-0.05, 0) is 18.2 Å². The van der Waals surface area contributed by atoms with Crippen LogP contribution in [0.25, 0.3) is 0 Å². The number of halogens is 1. The number of carbonyl (C=O) groups excluding carboxylic acids is 1. The van der Waals surface area contributed by atoms with E-state index >= 15 is 0 Å². The van der Waals surface area contributed by atoms with E-state index in [1.807, 2.05) is 0 Å². The molecule has 1 heterocycles. The molecule has 0 saturated heterocycles. The molecule has 0 aliphatic heterocycles. The monoisotopic (exact) mass is 245 g/mol. The Bertz CT molecular complexity index is 643. The summed E-state index contributed by atoms with van der Waals surface area (Å²) in [6, 6.07) is 6.65. The minimum atomic E-state index is -0.546. The number of nitrogen functional groups attached to an aromatic ring is 1. The first-order chi connectivity index (χ1) is 8.60. The number of nitrogens with zero attached hydrogens (tertiary/aromatic N) is 2. The molecule has 0 aliphatic carbocycles. The number of aromatic amines is 1. The Labute approximate surface area is 101 Å². The van der Waals surface area contributed by atoms with Crippen LogP contribution in [0.3, 0.4) is 0 Å². The molecule has 4 N–H and O–H groups in total. The zero-order valence-corrected chi connectivity index (χ0v) is 9.07. The topological polar surface area (TPSA) is 108 Å². The number of carbonyl (C=O) groups is 1. The van der Waals surface area contributed by atoms with Crippen molar-refractivity contribution in [2.45, 2.75) is 0 Å². The van der Waals surface area contributed by atoms with Gasteiger partial charge < -0.3 is 11.1 Å². The minimum absolute atomic E-state index is 0.0378. The van der Waals surface area contributed by atoms with Gasteiger partial charge in [0, 0.05) is 6.07 Å². The molecule has 0 aliphatic rings. The second kappa shape index (κ2) is 4.55. The number of nitriles is 1. The summed E-state index contributed by atoms with van der Waals surface area (Å²) in [6.07, 6.45) is 0. The average Bonchev–Trinajstić information content (AvgIpc) is 2.78. The van der Waals surface area contributed by atoms with E-state index in [1.165, 1.54) is 12.1 Å². The van der Waals surface area contributed by atoms with Crippen molar-refractivity contribution in [2.75, 3.05) is 11.1 Å². The zero-order valence-electron chi connectivity index (χ0n) is 9.07. The second-order valence-corrected chi connectivity index (χ2v) is 3.46. The predicted octanol–water partition coefficient (Wildman–Crippen LogP) is 1.25. The second-order valence-electron chi connectivity index (χ2n) is 3.46. The molecule has 0 bridgehead atoms. The van der Waals surface area contributed by atoms with Gasteiger partial charge in [0.05, 0.1) is 11.3 Å². The van der Waals surface area contributed by atoms with Crippen LogP contribution in [0.1, 0.15) is 16.1 Å². The largest absolute Gasteiger partial charge is 0.382 e. The van der Waals surface area contributed by atoms with Gasteiger partial charge in [-0.1, -0.05) is 0 Å². The fourth-order valence-electron chi connectivity index (χ4n) is 1.36. The summed E-state index contributed by atoms with van der Waals surface area (Å²) in [4.78, 5) is 11.7. The Kier molecular flexibility index (Phi) is 2.93. The maximum absolute atomic E-state index is 12.9. The molecule has 90 valence electrons. The van der Waals surface area contributed by atoms with Crippen LogP contribution >= 0.6 is 0 Å². The fraction of sp³-hybridized carbons (Fsp3) is 0. The minimum Gasteiger partial charge on any atom is -0.382 e. The molecule has 18 heavy (non-hydrogen) atoms. The first kappa shape index (κ1) is 11.6. The van der Waals surface area contributed by atoms with E-state index < -0.39 is 11.7 Å². The van der Waals surface area contributed by atoms with E-state index in [2.05, 4.69) is 15.5 Å². The number of nitrogens with two attached hydrogens (primary N) is 1. The van der Waals surface area contributed by atoms with E-state index in [0.717, 1.165) is 12.1 Å². The first-order valence-electron chi connectivity index (χ1n) is 4.92. The Morgan fingerprint density at radius 1 is 1.50 bits per heavy atom. The van der Waals surface area contributed by atoms with Gasteiger partial charge >= 0.3 is 0 Å². The number of hydrogen-bond acceptors (Lipinski definition) is 4. The number of benzene rings is 1. The number of hydrogen-bond donors (Lipinski definition) is 3. The van der Waals surface area contributed by atoms with Crippen LogP contribution in [0.2, 0.25) is 0 Å². The van der Waals surface area contributed by atoms with Crippen molar-refractivity contribution in [3.8, 4) is 6.07 Å². The number of aromatic nitrogens is 2. The van der Waals surface area contributed by atoms with Gasteiger partial charge in [-0.25, -0.2) is 4.39 Å². The average molecular weight is 245 g/mol. The summed E-state index contributed by atoms with van der Waals surface area (Å²) in [5, 5.41) is 17.3. The van der Waals surface area contributed by atoms with Crippen molar-refractivity contribution in [1.29, 1.82) is 5.26 Å². The van der Waals surface area contributed by atoms with Crippen LogP contribution in [0, 0.1) is 17.1 Å². The third-order valence-electron chi connectivity index (χ3n) is 2.19. The van der Waals surface area contributed by atoms with Gasteiger partial charge in [-0.2, -0.15) is 10.4 Å². The summed E-state index contributed by atoms with van der Waals surface area (Å²) in [6.45, 7) is 0. The van der Waals surface area contributed by atoms with Crippen molar-refractivity contribution in [3.63, 3.8) is 0 Å². The lowest BCUT2D eigenvalue weighted by Crippen LogP contribution is -2.13. The molecule has 0 atom stereocenters. The molecule has 7 heteroatoms. The van der Waals surface area contributed by atoms with Gasteiger partial charge in [0.25, 0.3) is 5.91 Å². The van der Waals surface area contributed by atoms with E-state index in [-0.39, 0.29) is 22.8 Å². The number of anilines is 2. The Balaban J connectivity index is 2.25. The molecule has 1 aromatic heterocycles. The summed E-state index contributed by atoms with van der Waals surface area (Å²) < 4.78 is 12.9. The molecule has 0 unspecified atom stereocenters. The Morgan fingerprint density at radius 3 is 2.89 bits per heavy atom. The highest BCUT2D eigenvalue weighted by atomic mass is 19.1. The van der Waals surface area contributed by atoms with Crippen LogP contribution in [0.5, 0.6) is 0 Å². The molecule has 0 saturated carbocycles. The van der Waals surface area contributed by atoms with Crippen molar-refractivity contribution >= 4 is 17.4 Å². The summed E-state index contributed by atoms with van der Waals surface area (Å²) in [5.41, 5.74) is 5.77. The first-order valence-corrected chi connectivity index (χ1v) is 4.92. The smallest absolute Gasteiger partial charge is 0.273 e. The molecule has 1 aromatic carbocycles. The van der Waals surface area contributed by atoms with Gasteiger partial charge in [0.2, 0.25) is 0 Å². The molecule has 1 amide bonds. The quantitative estimate of drug-likeness (QED) is 0.739. The number of rotatable bonds is 2. The summed E-state index contributed by atoms with van der Waals surface area (Å²) in [5.74, 6) is -0.877. The van der Waals surface area contributed by atoms with E-state index in [9.17, 15) is 9.18 Å². The van der Waals surface area contributed by atoms with Crippen molar-refractivity contribution in [2.24, 2.45) is 0 Å². The Morgan fingerprint density at radius 2 is 2.28 bits per heavy atom. The van der Waals surface area contributed by atoms with Gasteiger partial charge in [0.1, 0.15) is 23.4 Å². The number of H-pyrrole nitrogens is 1. The lowest BCUT2D eigenvalue weighted by molar-refractivity contribution is 0.102. The van der Waals surface area contributed by atoms with Crippen LogP contribution < -0.4 is 11.1 Å². The molecular weight excluding hydrogens is 237 g/mol. The SMILES string of the molecule is N#Cc1cc(F)ccc1NC(=O)c1cc(N)n[nH]1. The van der Waals surface area contributed by atoms with Crippen molar-refractivity contribution < 1.29 is 9.18 Å². The van der Waals surface area contributed by atoms with E-state index in [0.29, 0.717) is 0 Å². The lowest BCUT2D eigenvalue weighted by atomic mass is 10.2. The molecule has 0 radical (unpaired) electrons. The van der Waals surface area contributed by atoms with Crippen LogP contribution in [0.4, 0.5) is 15.9 Å². The molecule has 0 spiro atoms. The van der Waals surface area contributed by atoms with Crippen LogP contribution in [0.15, 0.2) is 24.3 Å². The van der Waals surface area contributed by atoms with E-state index in [4.69, 9.17) is 11.0 Å². The highest BCUT2D eigenvalue weighted by Crippen LogP contribution is 2.17. The standard InChI is InChI=1S/C11H8FN5O/c12-7-1-2-8(6(3-7)5-13)15-11(18)9-4-10(14)17-16-9/h1-4H,(H,15,18)(H3,14,16,17). The highest BCUT2D eigenvalue weighted by Gasteiger charge is 2.11. The van der Waals surface area contributed by atoms with Crippen LogP contribution in [-0.4, -0.2) is 16.1 Å². The van der Waals surface area contributed by atoms with E-state index in [1.54, 1.807) is 6.07 Å². The Hall–Kier alpha value is -2.88. The number of nitrogens with one attached hydrogen (secondary N) is 2. The molecule has 6 nitrogen and oxygen atoms in total. The van der Waals surface area contributed by atoms with Gasteiger partial charge in [-0.3, -0.25) is 9.89 Å². The molecular formula is C11H8FN5O. The van der Waals surface area contributed by atoms with Crippen LogP contribution in [-0.2, 0) is 0 Å². The highest BCUT2D eigenvalue weighted by molar-refractivity contribution is 6.03. The van der Waals surface area contributed by atoms with Crippen molar-refractivity contribution in [3.05, 3.63) is 41.3 Å². The maximum Gasteiger partial charge on any atom is 0.273 e. The van der Waals surface area contributed by atoms with Crippen molar-refractivity contribution in [1.82, 2.24) is 10.2 Å². The summed E-state index contributed by atoms with van der Waals surface area (Å²) in [7, 11) is 0. The summed E-state index contributed by atoms with van der Waals surface area (Å²) >= 11 is 0. The van der Waals surface area contributed by atoms with Gasteiger partial charge in [0.15, 0.2) is 0 Å². The fourth-order valence-corrected chi connectivity index (χ4v) is 1.36. The third kappa shape index (κ3) is 2.27. The maximum atomic E-state index is 12.9. The number of amides is 1. The predicted molar refractivity (Wildman–Crippen MR) is 62.1 cm³/mol. The zero-order chi connectivity index (χ0) is 13.1. The normalized spacial score (nSPS) is 9.78. The molecule has 2 aromatic rings. The third-order valence-corrected chi connectivity index (χ3v) is 2.19. The van der Waals surface area contributed by atoms with Gasteiger partial charge in [-0.15, -0.1) is 0 Å². The molecule has 0 fully saturated rings. The molecule has 2 rings (SSSR count). The lowest BCUT2D eigenvalue weighted by Gasteiger charge is -2.05.